The van der Waals surface area contributed by atoms with Gasteiger partial charge in [0.1, 0.15) is 12.4 Å². The fraction of sp³-hybridized carbons (Fsp3) is 0.167. The maximum atomic E-state index is 10.5. The molecule has 0 aromatic heterocycles. The Balaban J connectivity index is 0.000000487. The van der Waals surface area contributed by atoms with E-state index in [0.29, 0.717) is 18.1 Å². The average Bonchev–Trinajstić information content (AvgIpc) is 2.59. The van der Waals surface area contributed by atoms with Crippen LogP contribution in [0.1, 0.15) is 17.5 Å². The van der Waals surface area contributed by atoms with E-state index in [9.17, 15) is 14.4 Å². The van der Waals surface area contributed by atoms with Gasteiger partial charge in [0.15, 0.2) is 0 Å². The second kappa shape index (κ2) is 10.7. The summed E-state index contributed by atoms with van der Waals surface area (Å²) in [4.78, 5) is 29.0. The summed E-state index contributed by atoms with van der Waals surface area (Å²) < 4.78 is 5.65. The van der Waals surface area contributed by atoms with Gasteiger partial charge in [-0.2, -0.15) is 0 Å². The van der Waals surface area contributed by atoms with Crippen molar-refractivity contribution in [2.24, 2.45) is 5.73 Å². The number of carbonyl (C=O) groups is 3. The van der Waals surface area contributed by atoms with Crippen molar-refractivity contribution in [1.29, 1.82) is 0 Å². The van der Waals surface area contributed by atoms with Crippen LogP contribution in [0.3, 0.4) is 0 Å². The van der Waals surface area contributed by atoms with E-state index in [-0.39, 0.29) is 6.42 Å². The monoisotopic (exact) mass is 379 g/mol. The molecule has 0 radical (unpaired) electrons. The van der Waals surface area contributed by atoms with E-state index >= 15 is 0 Å². The summed E-state index contributed by atoms with van der Waals surface area (Å²) in [5, 5.41) is 16.8. The lowest BCUT2D eigenvalue weighted by Crippen LogP contribution is -2.21. The molecular weight excluding hydrogens is 362 g/mol. The topological polar surface area (TPSA) is 127 Å². The number of primary amides is 1. The number of rotatable bonds is 6. The number of hydrogen-bond acceptors (Lipinski definition) is 4. The molecule has 0 atom stereocenters. The molecule has 0 bridgehead atoms. The van der Waals surface area contributed by atoms with E-state index in [1.807, 2.05) is 48.5 Å². The molecule has 2 rings (SSSR count). The van der Waals surface area contributed by atoms with E-state index < -0.39 is 17.8 Å². The van der Waals surface area contributed by atoms with Crippen molar-refractivity contribution >= 4 is 29.4 Å². The van der Waals surface area contributed by atoms with E-state index in [2.05, 4.69) is 5.73 Å². The highest BCUT2D eigenvalue weighted by atomic mass is 35.5. The van der Waals surface area contributed by atoms with Gasteiger partial charge in [0.05, 0.1) is 0 Å². The summed E-state index contributed by atoms with van der Waals surface area (Å²) in [6.45, 7) is 0.453. The van der Waals surface area contributed by atoms with Crippen molar-refractivity contribution in [1.82, 2.24) is 0 Å². The molecule has 0 heterocycles. The number of ether oxygens (including phenoxy) is 1. The Labute approximate surface area is 155 Å². The highest BCUT2D eigenvalue weighted by Gasteiger charge is 2.01. The molecule has 0 aliphatic rings. The van der Waals surface area contributed by atoms with E-state index in [4.69, 9.17) is 26.6 Å². The average molecular weight is 380 g/mol. The highest BCUT2D eigenvalue weighted by molar-refractivity contribution is 6.31. The SMILES string of the molecule is NC(=O)C(=O)O.O=C(O)CCc1ccc(OCc2cccc(Cl)c2)cc1. The number of carbonyl (C=O) groups excluding carboxylic acids is 1. The maximum absolute atomic E-state index is 10.5. The van der Waals surface area contributed by atoms with Crippen molar-refractivity contribution in [2.75, 3.05) is 0 Å². The predicted molar refractivity (Wildman–Crippen MR) is 95.0 cm³/mol. The minimum absolute atomic E-state index is 0.142. The molecule has 7 nitrogen and oxygen atoms in total. The van der Waals surface area contributed by atoms with Gasteiger partial charge in [-0.1, -0.05) is 35.9 Å². The van der Waals surface area contributed by atoms with Crippen molar-refractivity contribution < 1.29 is 29.3 Å². The number of aryl methyl sites for hydroxylation is 1. The summed E-state index contributed by atoms with van der Waals surface area (Å²) in [6.07, 6.45) is 0.673. The third-order valence-electron chi connectivity index (χ3n) is 3.06. The lowest BCUT2D eigenvalue weighted by atomic mass is 10.1. The molecule has 0 saturated carbocycles. The van der Waals surface area contributed by atoms with E-state index in [0.717, 1.165) is 16.9 Å². The number of hydrogen-bond donors (Lipinski definition) is 3. The zero-order valence-electron chi connectivity index (χ0n) is 13.7. The van der Waals surface area contributed by atoms with Crippen LogP contribution < -0.4 is 10.5 Å². The second-order valence-electron chi connectivity index (χ2n) is 5.13. The molecule has 8 heteroatoms. The lowest BCUT2D eigenvalue weighted by Gasteiger charge is -2.07. The van der Waals surface area contributed by atoms with Crippen molar-refractivity contribution in [3.05, 3.63) is 64.7 Å². The van der Waals surface area contributed by atoms with Crippen LogP contribution in [0.2, 0.25) is 5.02 Å². The van der Waals surface area contributed by atoms with Gasteiger partial charge in [0.2, 0.25) is 0 Å². The van der Waals surface area contributed by atoms with Gasteiger partial charge in [-0.15, -0.1) is 0 Å². The smallest absolute Gasteiger partial charge is 0.394 e. The van der Waals surface area contributed by atoms with Crippen molar-refractivity contribution in [3.8, 4) is 5.75 Å². The molecule has 1 amide bonds. The van der Waals surface area contributed by atoms with Gasteiger partial charge in [-0.05, 0) is 41.8 Å². The van der Waals surface area contributed by atoms with Gasteiger partial charge in [-0.3, -0.25) is 9.59 Å². The molecule has 2 aromatic rings. The molecule has 0 spiro atoms. The van der Waals surface area contributed by atoms with Gasteiger partial charge < -0.3 is 20.7 Å². The number of carboxylic acid groups (broad SMARTS) is 2. The van der Waals surface area contributed by atoms with E-state index in [1.54, 1.807) is 0 Å². The van der Waals surface area contributed by atoms with E-state index in [1.165, 1.54) is 0 Å². The first-order chi connectivity index (χ1) is 12.3. The number of amides is 1. The Bertz CT molecular complexity index is 749. The molecule has 0 saturated heterocycles. The van der Waals surface area contributed by atoms with Crippen LogP contribution in [-0.4, -0.2) is 28.1 Å². The van der Waals surface area contributed by atoms with Crippen LogP contribution in [0, 0.1) is 0 Å². The third-order valence-corrected chi connectivity index (χ3v) is 3.29. The summed E-state index contributed by atoms with van der Waals surface area (Å²) in [5.41, 5.74) is 6.19. The van der Waals surface area contributed by atoms with Crippen LogP contribution in [-0.2, 0) is 27.4 Å². The number of carboxylic acids is 2. The first-order valence-electron chi connectivity index (χ1n) is 7.48. The molecule has 0 aliphatic heterocycles. The molecule has 0 fully saturated rings. The molecule has 4 N–H and O–H groups in total. The number of halogens is 1. The zero-order chi connectivity index (χ0) is 19.5. The van der Waals surface area contributed by atoms with Crippen molar-refractivity contribution in [2.45, 2.75) is 19.4 Å². The Hall–Kier alpha value is -3.06. The maximum Gasteiger partial charge on any atom is 0.394 e. The third kappa shape index (κ3) is 8.70. The molecule has 26 heavy (non-hydrogen) atoms. The summed E-state index contributed by atoms with van der Waals surface area (Å²) in [6, 6.07) is 15.0. The normalized spacial score (nSPS) is 9.58. The highest BCUT2D eigenvalue weighted by Crippen LogP contribution is 2.16. The largest absolute Gasteiger partial charge is 0.489 e. The number of nitrogens with two attached hydrogens (primary N) is 1. The van der Waals surface area contributed by atoms with Crippen LogP contribution in [0.5, 0.6) is 5.75 Å². The van der Waals surface area contributed by atoms with Crippen LogP contribution in [0.25, 0.3) is 0 Å². The Morgan fingerprint density at radius 2 is 1.62 bits per heavy atom. The minimum Gasteiger partial charge on any atom is -0.489 e. The van der Waals surface area contributed by atoms with Crippen LogP contribution in [0.4, 0.5) is 0 Å². The number of benzene rings is 2. The summed E-state index contributed by atoms with van der Waals surface area (Å²) in [5.74, 6) is -2.96. The van der Waals surface area contributed by atoms with Gasteiger partial charge >= 0.3 is 17.8 Å². The van der Waals surface area contributed by atoms with Gasteiger partial charge in [0.25, 0.3) is 0 Å². The Kier molecular flexibility index (Phi) is 8.66. The van der Waals surface area contributed by atoms with Gasteiger partial charge in [0, 0.05) is 11.4 Å². The molecule has 2 aromatic carbocycles. The molecular formula is C18H18ClNO6. The van der Waals surface area contributed by atoms with Crippen LogP contribution >= 0.6 is 11.6 Å². The van der Waals surface area contributed by atoms with Crippen molar-refractivity contribution in [3.63, 3.8) is 0 Å². The lowest BCUT2D eigenvalue weighted by molar-refractivity contribution is -0.148. The summed E-state index contributed by atoms with van der Waals surface area (Å²) >= 11 is 5.90. The second-order valence-corrected chi connectivity index (χ2v) is 5.56. The fourth-order valence-corrected chi connectivity index (χ4v) is 2.01. The predicted octanol–water partition coefficient (Wildman–Crippen LogP) is 2.49. The molecule has 0 unspecified atom stereocenters. The number of aliphatic carboxylic acids is 2. The fourth-order valence-electron chi connectivity index (χ4n) is 1.80. The summed E-state index contributed by atoms with van der Waals surface area (Å²) in [7, 11) is 0. The molecule has 138 valence electrons. The quantitative estimate of drug-likeness (QED) is 0.662. The zero-order valence-corrected chi connectivity index (χ0v) is 14.5. The van der Waals surface area contributed by atoms with Crippen LogP contribution in [0.15, 0.2) is 48.5 Å². The minimum atomic E-state index is -1.60. The molecule has 0 aliphatic carbocycles. The Morgan fingerprint density at radius 1 is 1.00 bits per heavy atom. The standard InChI is InChI=1S/C16H15ClO3.C2H3NO3/c17-14-3-1-2-13(10-14)11-20-15-7-4-12(5-8-15)6-9-16(18)19;3-1(4)2(5)6/h1-5,7-8,10H,6,9,11H2,(H,18,19);(H2,3,4)(H,5,6). The first-order valence-corrected chi connectivity index (χ1v) is 7.86. The first kappa shape index (κ1) is 21.0. The van der Waals surface area contributed by atoms with Gasteiger partial charge in [-0.25, -0.2) is 4.79 Å². The Morgan fingerprint density at radius 3 is 2.12 bits per heavy atom.